The van der Waals surface area contributed by atoms with Gasteiger partial charge in [-0.25, -0.2) is 0 Å². The van der Waals surface area contributed by atoms with E-state index < -0.39 is 0 Å². The fourth-order valence-corrected chi connectivity index (χ4v) is 2.46. The fourth-order valence-electron chi connectivity index (χ4n) is 1.28. The van der Waals surface area contributed by atoms with Crippen molar-refractivity contribution in [1.82, 2.24) is 0 Å². The SMILES string of the molecule is CCOc1c(CC=O)cc(Cl)c(C)c1I. The molecule has 15 heavy (non-hydrogen) atoms. The number of halogens is 2. The van der Waals surface area contributed by atoms with Crippen LogP contribution in [0.1, 0.15) is 18.1 Å². The Bertz CT molecular complexity index is 377. The van der Waals surface area contributed by atoms with Crippen LogP contribution in [-0.2, 0) is 11.2 Å². The van der Waals surface area contributed by atoms with E-state index in [4.69, 9.17) is 16.3 Å². The molecule has 0 amide bonds. The van der Waals surface area contributed by atoms with E-state index in [2.05, 4.69) is 22.6 Å². The van der Waals surface area contributed by atoms with Crippen molar-refractivity contribution in [3.05, 3.63) is 25.8 Å². The highest BCUT2D eigenvalue weighted by Gasteiger charge is 2.13. The zero-order chi connectivity index (χ0) is 11.4. The minimum absolute atomic E-state index is 0.339. The lowest BCUT2D eigenvalue weighted by atomic mass is 10.1. The lowest BCUT2D eigenvalue weighted by molar-refractivity contribution is -0.107. The number of hydrogen-bond acceptors (Lipinski definition) is 2. The van der Waals surface area contributed by atoms with Gasteiger partial charge in [-0.1, -0.05) is 11.6 Å². The van der Waals surface area contributed by atoms with Gasteiger partial charge in [-0.15, -0.1) is 0 Å². The van der Waals surface area contributed by atoms with Crippen molar-refractivity contribution in [2.24, 2.45) is 0 Å². The normalized spacial score (nSPS) is 10.1. The number of rotatable bonds is 4. The number of hydrogen-bond donors (Lipinski definition) is 0. The van der Waals surface area contributed by atoms with Crippen LogP contribution < -0.4 is 4.74 Å². The van der Waals surface area contributed by atoms with Crippen molar-refractivity contribution < 1.29 is 9.53 Å². The lowest BCUT2D eigenvalue weighted by Crippen LogP contribution is -2.02. The Morgan fingerprint density at radius 3 is 2.80 bits per heavy atom. The zero-order valence-electron chi connectivity index (χ0n) is 8.64. The molecule has 0 aliphatic rings. The van der Waals surface area contributed by atoms with Gasteiger partial charge in [0.1, 0.15) is 12.0 Å². The number of benzene rings is 1. The summed E-state index contributed by atoms with van der Waals surface area (Å²) >= 11 is 8.24. The van der Waals surface area contributed by atoms with Crippen LogP contribution in [0, 0.1) is 10.5 Å². The molecular formula is C11H12ClIO2. The van der Waals surface area contributed by atoms with E-state index in [1.807, 2.05) is 13.8 Å². The molecule has 0 bridgehead atoms. The van der Waals surface area contributed by atoms with Gasteiger partial charge in [-0.3, -0.25) is 0 Å². The molecule has 82 valence electrons. The van der Waals surface area contributed by atoms with E-state index in [0.717, 1.165) is 26.7 Å². The first-order valence-corrected chi connectivity index (χ1v) is 6.11. The molecule has 1 aromatic rings. The third kappa shape index (κ3) is 2.84. The van der Waals surface area contributed by atoms with E-state index in [1.54, 1.807) is 6.07 Å². The first-order chi connectivity index (χ1) is 7.11. The third-order valence-corrected chi connectivity index (χ3v) is 3.76. The second kappa shape index (κ2) is 5.70. The molecule has 0 atom stereocenters. The molecule has 0 unspecified atom stereocenters. The van der Waals surface area contributed by atoms with Crippen molar-refractivity contribution in [3.8, 4) is 5.75 Å². The van der Waals surface area contributed by atoms with E-state index in [-0.39, 0.29) is 0 Å². The maximum absolute atomic E-state index is 10.5. The average Bonchev–Trinajstić information content (AvgIpc) is 2.21. The third-order valence-electron chi connectivity index (χ3n) is 2.07. The van der Waals surface area contributed by atoms with Crippen LogP contribution in [0.25, 0.3) is 0 Å². The monoisotopic (exact) mass is 338 g/mol. The summed E-state index contributed by atoms with van der Waals surface area (Å²) in [4.78, 5) is 10.5. The van der Waals surface area contributed by atoms with E-state index >= 15 is 0 Å². The molecule has 0 radical (unpaired) electrons. The van der Waals surface area contributed by atoms with Crippen molar-refractivity contribution in [1.29, 1.82) is 0 Å². The smallest absolute Gasteiger partial charge is 0.136 e. The summed E-state index contributed by atoms with van der Waals surface area (Å²) < 4.78 is 6.52. The molecule has 0 saturated heterocycles. The molecule has 2 nitrogen and oxygen atoms in total. The molecule has 0 aromatic heterocycles. The molecule has 0 fully saturated rings. The quantitative estimate of drug-likeness (QED) is 0.621. The topological polar surface area (TPSA) is 26.3 Å². The maximum atomic E-state index is 10.5. The highest BCUT2D eigenvalue weighted by atomic mass is 127. The van der Waals surface area contributed by atoms with Crippen LogP contribution in [0.2, 0.25) is 5.02 Å². The maximum Gasteiger partial charge on any atom is 0.136 e. The largest absolute Gasteiger partial charge is 0.492 e. The second-order valence-corrected chi connectivity index (χ2v) is 4.58. The highest BCUT2D eigenvalue weighted by Crippen LogP contribution is 2.33. The van der Waals surface area contributed by atoms with E-state index in [0.29, 0.717) is 18.1 Å². The second-order valence-electron chi connectivity index (χ2n) is 3.09. The molecule has 0 saturated carbocycles. The molecular weight excluding hydrogens is 326 g/mol. The van der Waals surface area contributed by atoms with Crippen LogP contribution in [0.5, 0.6) is 5.75 Å². The van der Waals surface area contributed by atoms with Crippen molar-refractivity contribution in [2.75, 3.05) is 6.61 Å². The molecule has 4 heteroatoms. The van der Waals surface area contributed by atoms with Crippen LogP contribution in [0.3, 0.4) is 0 Å². The first-order valence-electron chi connectivity index (χ1n) is 4.65. The fraction of sp³-hybridized carbons (Fsp3) is 0.364. The first kappa shape index (κ1) is 12.8. The Morgan fingerprint density at radius 2 is 2.27 bits per heavy atom. The molecule has 0 aliphatic carbocycles. The standard InChI is InChI=1S/C11H12ClIO2/c1-3-15-11-8(4-5-14)6-9(12)7(2)10(11)13/h5-6H,3-4H2,1-2H3. The van der Waals surface area contributed by atoms with E-state index in [1.165, 1.54) is 0 Å². The van der Waals surface area contributed by atoms with Crippen LogP contribution in [0.15, 0.2) is 6.07 Å². The Morgan fingerprint density at radius 1 is 1.60 bits per heavy atom. The number of aldehydes is 1. The highest BCUT2D eigenvalue weighted by molar-refractivity contribution is 14.1. The van der Waals surface area contributed by atoms with Crippen LogP contribution >= 0.6 is 34.2 Å². The van der Waals surface area contributed by atoms with Gasteiger partial charge in [-0.2, -0.15) is 0 Å². The Hall–Kier alpha value is -0.290. The average molecular weight is 339 g/mol. The Labute approximate surface area is 108 Å². The summed E-state index contributed by atoms with van der Waals surface area (Å²) in [5, 5.41) is 0.680. The summed E-state index contributed by atoms with van der Waals surface area (Å²) in [6, 6.07) is 1.80. The Kier molecular flexibility index (Phi) is 4.86. The zero-order valence-corrected chi connectivity index (χ0v) is 11.6. The summed E-state index contributed by atoms with van der Waals surface area (Å²) in [6.07, 6.45) is 1.20. The summed E-state index contributed by atoms with van der Waals surface area (Å²) in [5.74, 6) is 0.784. The van der Waals surface area contributed by atoms with Crippen LogP contribution in [0.4, 0.5) is 0 Å². The predicted octanol–water partition coefficient (Wildman–Crippen LogP) is 3.39. The number of ether oxygens (including phenoxy) is 1. The molecule has 0 heterocycles. The van der Waals surface area contributed by atoms with Crippen molar-refractivity contribution >= 4 is 40.5 Å². The van der Waals surface area contributed by atoms with Gasteiger partial charge < -0.3 is 9.53 Å². The minimum Gasteiger partial charge on any atom is -0.492 e. The molecule has 0 spiro atoms. The Balaban J connectivity index is 3.29. The van der Waals surface area contributed by atoms with Gasteiger partial charge in [-0.05, 0) is 48.1 Å². The molecule has 1 aromatic carbocycles. The molecule has 1 rings (SSSR count). The summed E-state index contributed by atoms with van der Waals surface area (Å²) in [5.41, 5.74) is 1.85. The van der Waals surface area contributed by atoms with Gasteiger partial charge in [0.05, 0.1) is 10.2 Å². The van der Waals surface area contributed by atoms with Gasteiger partial charge in [0, 0.05) is 17.0 Å². The number of carbonyl (C=O) groups excluding carboxylic acids is 1. The van der Waals surface area contributed by atoms with Gasteiger partial charge in [0.25, 0.3) is 0 Å². The summed E-state index contributed by atoms with van der Waals surface area (Å²) in [7, 11) is 0. The van der Waals surface area contributed by atoms with Gasteiger partial charge in [0.15, 0.2) is 0 Å². The van der Waals surface area contributed by atoms with Crippen LogP contribution in [-0.4, -0.2) is 12.9 Å². The summed E-state index contributed by atoms with van der Waals surface area (Å²) in [6.45, 7) is 4.45. The lowest BCUT2D eigenvalue weighted by Gasteiger charge is -2.13. The van der Waals surface area contributed by atoms with Crippen molar-refractivity contribution in [3.63, 3.8) is 0 Å². The molecule has 0 aliphatic heterocycles. The predicted molar refractivity (Wildman–Crippen MR) is 69.8 cm³/mol. The van der Waals surface area contributed by atoms with E-state index in [9.17, 15) is 4.79 Å². The van der Waals surface area contributed by atoms with Gasteiger partial charge >= 0.3 is 0 Å². The molecule has 0 N–H and O–H groups in total. The number of carbonyl (C=O) groups is 1. The minimum atomic E-state index is 0.339. The van der Waals surface area contributed by atoms with Crippen molar-refractivity contribution in [2.45, 2.75) is 20.3 Å². The van der Waals surface area contributed by atoms with Gasteiger partial charge in [0.2, 0.25) is 0 Å².